The Morgan fingerprint density at radius 1 is 1.09 bits per heavy atom. The molecule has 5 rings (SSSR count). The lowest BCUT2D eigenvalue weighted by Gasteiger charge is -2.31. The normalized spacial score (nSPS) is 14.5. The van der Waals surface area contributed by atoms with Gasteiger partial charge in [-0.2, -0.15) is 0 Å². The lowest BCUT2D eigenvalue weighted by atomic mass is 9.97. The number of rotatable bonds is 5. The van der Waals surface area contributed by atoms with Crippen LogP contribution in [-0.2, 0) is 0 Å². The minimum absolute atomic E-state index is 0.0500. The van der Waals surface area contributed by atoms with Gasteiger partial charge in [-0.25, -0.2) is 18.9 Å². The van der Waals surface area contributed by atoms with Gasteiger partial charge in [-0.1, -0.05) is 18.2 Å². The van der Waals surface area contributed by atoms with Gasteiger partial charge in [-0.05, 0) is 37.0 Å². The van der Waals surface area contributed by atoms with E-state index in [1.54, 1.807) is 58.2 Å². The Morgan fingerprint density at radius 2 is 1.88 bits per heavy atom. The molecule has 0 bridgehead atoms. The Balaban J connectivity index is 1.23. The van der Waals surface area contributed by atoms with Gasteiger partial charge in [0.2, 0.25) is 5.88 Å². The van der Waals surface area contributed by atoms with Crippen molar-refractivity contribution in [3.05, 3.63) is 87.5 Å². The molecule has 1 amide bonds. The highest BCUT2D eigenvalue weighted by molar-refractivity contribution is 5.93. The van der Waals surface area contributed by atoms with E-state index < -0.39 is 11.2 Å². The van der Waals surface area contributed by atoms with E-state index >= 15 is 0 Å². The van der Waals surface area contributed by atoms with Crippen LogP contribution < -0.4 is 16.0 Å². The van der Waals surface area contributed by atoms with Crippen molar-refractivity contribution < 1.29 is 9.53 Å². The molecule has 0 atom stereocenters. The first-order chi connectivity index (χ1) is 16.1. The van der Waals surface area contributed by atoms with Gasteiger partial charge >= 0.3 is 5.69 Å². The second-order valence-corrected chi connectivity index (χ2v) is 7.93. The van der Waals surface area contributed by atoms with E-state index in [0.717, 1.165) is 23.1 Å². The number of carbonyl (C=O) groups excluding carboxylic acids is 1. The van der Waals surface area contributed by atoms with Crippen LogP contribution in [0.2, 0.25) is 0 Å². The van der Waals surface area contributed by atoms with Gasteiger partial charge < -0.3 is 14.6 Å². The standard InChI is InChI=1S/C23H22N6O4/c30-21(18-14-25-23(32)29(22(18)31)17-4-2-1-3-5-17)27-11-8-16(9-12-27)15-33-20-7-6-19-24-10-13-28(19)26-20/h1-7,10,13-14,16H,8-9,11-12,15H2,(H,25,32). The number of piperidine rings is 1. The maximum Gasteiger partial charge on any atom is 0.333 e. The quantitative estimate of drug-likeness (QED) is 0.497. The fourth-order valence-corrected chi connectivity index (χ4v) is 3.99. The molecule has 1 fully saturated rings. The van der Waals surface area contributed by atoms with E-state index in [2.05, 4.69) is 15.1 Å². The van der Waals surface area contributed by atoms with Crippen LogP contribution >= 0.6 is 0 Å². The van der Waals surface area contributed by atoms with Gasteiger partial charge in [0.05, 0.1) is 12.3 Å². The topological polar surface area (TPSA) is 115 Å². The first-order valence-electron chi connectivity index (χ1n) is 10.7. The summed E-state index contributed by atoms with van der Waals surface area (Å²) in [5, 5.41) is 4.35. The maximum absolute atomic E-state index is 13.0. The molecule has 1 aliphatic rings. The number of carbonyl (C=O) groups is 1. The molecule has 3 aromatic heterocycles. The van der Waals surface area contributed by atoms with Crippen LogP contribution in [0.25, 0.3) is 11.3 Å². The molecule has 10 heteroatoms. The number of fused-ring (bicyclic) bond motifs is 1. The molecule has 1 N–H and O–H groups in total. The largest absolute Gasteiger partial charge is 0.476 e. The molecule has 0 spiro atoms. The molecule has 1 saturated heterocycles. The molecular weight excluding hydrogens is 424 g/mol. The van der Waals surface area contributed by atoms with Crippen LogP contribution in [-0.4, -0.2) is 54.7 Å². The van der Waals surface area contributed by atoms with Crippen LogP contribution in [0.1, 0.15) is 23.2 Å². The average Bonchev–Trinajstić information content (AvgIpc) is 3.31. The highest BCUT2D eigenvalue weighted by atomic mass is 16.5. The summed E-state index contributed by atoms with van der Waals surface area (Å²) in [6.45, 7) is 1.50. The van der Waals surface area contributed by atoms with Gasteiger partial charge in [0.25, 0.3) is 11.5 Å². The Kier molecular flexibility index (Phi) is 5.47. The first kappa shape index (κ1) is 20.7. The summed E-state index contributed by atoms with van der Waals surface area (Å²) < 4.78 is 8.48. The van der Waals surface area contributed by atoms with Gasteiger partial charge in [0.15, 0.2) is 5.65 Å². The molecule has 33 heavy (non-hydrogen) atoms. The van der Waals surface area contributed by atoms with E-state index in [9.17, 15) is 14.4 Å². The molecule has 4 aromatic rings. The second-order valence-electron chi connectivity index (χ2n) is 7.93. The highest BCUT2D eigenvalue weighted by Gasteiger charge is 2.26. The summed E-state index contributed by atoms with van der Waals surface area (Å²) in [7, 11) is 0. The lowest BCUT2D eigenvalue weighted by molar-refractivity contribution is 0.0656. The van der Waals surface area contributed by atoms with Crippen molar-refractivity contribution in [2.45, 2.75) is 12.8 Å². The van der Waals surface area contributed by atoms with Crippen molar-refractivity contribution in [3.8, 4) is 11.6 Å². The monoisotopic (exact) mass is 446 g/mol. The SMILES string of the molecule is O=C(c1c[nH]c(=O)n(-c2ccccc2)c1=O)N1CCC(COc2ccc3nccn3n2)CC1. The number of ether oxygens (including phenoxy) is 1. The van der Waals surface area contributed by atoms with E-state index in [-0.39, 0.29) is 17.4 Å². The molecule has 168 valence electrons. The van der Waals surface area contributed by atoms with Crippen LogP contribution in [0.3, 0.4) is 0 Å². The molecule has 1 aromatic carbocycles. The fourth-order valence-electron chi connectivity index (χ4n) is 3.99. The van der Waals surface area contributed by atoms with Crippen molar-refractivity contribution in [3.63, 3.8) is 0 Å². The zero-order valence-corrected chi connectivity index (χ0v) is 17.8. The van der Waals surface area contributed by atoms with E-state index in [1.165, 1.54) is 6.20 Å². The van der Waals surface area contributed by atoms with Crippen LogP contribution in [0, 0.1) is 5.92 Å². The molecule has 10 nitrogen and oxygen atoms in total. The predicted molar refractivity (Wildman–Crippen MR) is 120 cm³/mol. The smallest absolute Gasteiger partial charge is 0.333 e. The zero-order valence-electron chi connectivity index (χ0n) is 17.8. The number of amides is 1. The summed E-state index contributed by atoms with van der Waals surface area (Å²) in [5.74, 6) is 0.409. The predicted octanol–water partition coefficient (Wildman–Crippen LogP) is 1.50. The number of nitrogens with zero attached hydrogens (tertiary/aromatic N) is 5. The number of hydrogen-bond donors (Lipinski definition) is 1. The number of aromatic nitrogens is 5. The van der Waals surface area contributed by atoms with Gasteiger partial charge in [0.1, 0.15) is 5.56 Å². The lowest BCUT2D eigenvalue weighted by Crippen LogP contribution is -2.44. The summed E-state index contributed by atoms with van der Waals surface area (Å²) >= 11 is 0. The summed E-state index contributed by atoms with van der Waals surface area (Å²) in [6.07, 6.45) is 6.13. The maximum atomic E-state index is 13.0. The fraction of sp³-hybridized carbons (Fsp3) is 0.261. The van der Waals surface area contributed by atoms with Gasteiger partial charge in [-0.3, -0.25) is 9.59 Å². The van der Waals surface area contributed by atoms with Crippen molar-refractivity contribution in [2.24, 2.45) is 5.92 Å². The number of aromatic amines is 1. The number of para-hydroxylation sites is 1. The second kappa shape index (κ2) is 8.73. The first-order valence-corrected chi connectivity index (χ1v) is 10.7. The molecule has 0 unspecified atom stereocenters. The number of nitrogens with one attached hydrogen (secondary N) is 1. The number of hydrogen-bond acceptors (Lipinski definition) is 6. The number of imidazole rings is 1. The Morgan fingerprint density at radius 3 is 2.67 bits per heavy atom. The van der Waals surface area contributed by atoms with Gasteiger partial charge in [0, 0.05) is 37.7 Å². The minimum atomic E-state index is -0.624. The summed E-state index contributed by atoms with van der Waals surface area (Å²) in [6, 6.07) is 12.2. The van der Waals surface area contributed by atoms with E-state index in [1.807, 2.05) is 6.07 Å². The molecule has 1 aliphatic heterocycles. The van der Waals surface area contributed by atoms with Gasteiger partial charge in [-0.15, -0.1) is 5.10 Å². The number of H-pyrrole nitrogens is 1. The molecule has 0 radical (unpaired) electrons. The molecular formula is C23H22N6O4. The molecule has 4 heterocycles. The third kappa shape index (κ3) is 4.14. The Labute approximate surface area is 188 Å². The van der Waals surface area contributed by atoms with Crippen LogP contribution in [0.5, 0.6) is 5.88 Å². The van der Waals surface area contributed by atoms with Crippen molar-refractivity contribution in [2.75, 3.05) is 19.7 Å². The highest BCUT2D eigenvalue weighted by Crippen LogP contribution is 2.20. The summed E-state index contributed by atoms with van der Waals surface area (Å²) in [5.41, 5.74) is -0.0898. The van der Waals surface area contributed by atoms with E-state index in [0.29, 0.717) is 31.3 Å². The van der Waals surface area contributed by atoms with Crippen molar-refractivity contribution in [1.82, 2.24) is 29.0 Å². The third-order valence-electron chi connectivity index (χ3n) is 5.82. The van der Waals surface area contributed by atoms with Crippen molar-refractivity contribution in [1.29, 1.82) is 0 Å². The van der Waals surface area contributed by atoms with Crippen molar-refractivity contribution >= 4 is 11.6 Å². The molecule has 0 aliphatic carbocycles. The molecule has 0 saturated carbocycles. The number of benzene rings is 1. The Hall–Kier alpha value is -4.21. The van der Waals surface area contributed by atoms with Crippen LogP contribution in [0.4, 0.5) is 0 Å². The zero-order chi connectivity index (χ0) is 22.8. The summed E-state index contributed by atoms with van der Waals surface area (Å²) in [4.78, 5) is 46.5. The Bertz CT molecular complexity index is 1400. The number of likely N-dealkylation sites (tertiary alicyclic amines) is 1. The average molecular weight is 446 g/mol. The third-order valence-corrected chi connectivity index (χ3v) is 5.82. The minimum Gasteiger partial charge on any atom is -0.476 e. The van der Waals surface area contributed by atoms with E-state index in [4.69, 9.17) is 4.74 Å². The van der Waals surface area contributed by atoms with Crippen LogP contribution in [0.15, 0.2) is 70.6 Å².